The van der Waals surface area contributed by atoms with Crippen molar-refractivity contribution < 1.29 is 9.47 Å². The van der Waals surface area contributed by atoms with E-state index < -0.39 is 0 Å². The molecule has 7 nitrogen and oxygen atoms in total. The van der Waals surface area contributed by atoms with Crippen molar-refractivity contribution in [3.63, 3.8) is 0 Å². The lowest BCUT2D eigenvalue weighted by atomic mass is 10.1. The van der Waals surface area contributed by atoms with Crippen LogP contribution in [0, 0.1) is 0 Å². The number of anilines is 1. The fourth-order valence-corrected chi connectivity index (χ4v) is 3.61. The Hall–Kier alpha value is -2.23. The maximum Gasteiger partial charge on any atom is 0.231 e. The van der Waals surface area contributed by atoms with Gasteiger partial charge in [-0.2, -0.15) is 0 Å². The first kappa shape index (κ1) is 22.5. The number of rotatable bonds is 7. The molecule has 2 aromatic rings. The van der Waals surface area contributed by atoms with E-state index in [1.165, 1.54) is 24.0 Å². The second-order valence-electron chi connectivity index (χ2n) is 7.28. The number of aromatic nitrogens is 1. The van der Waals surface area contributed by atoms with Crippen LogP contribution in [0.5, 0.6) is 11.5 Å². The molecule has 0 atom stereocenters. The van der Waals surface area contributed by atoms with E-state index >= 15 is 0 Å². The Balaban J connectivity index is 0.00000256. The molecule has 1 saturated heterocycles. The number of pyridine rings is 1. The Morgan fingerprint density at radius 2 is 1.90 bits per heavy atom. The van der Waals surface area contributed by atoms with Crippen LogP contribution >= 0.6 is 24.0 Å². The molecular weight excluding hydrogens is 493 g/mol. The summed E-state index contributed by atoms with van der Waals surface area (Å²) in [5, 5.41) is 6.74. The van der Waals surface area contributed by atoms with Gasteiger partial charge in [0.15, 0.2) is 17.5 Å². The van der Waals surface area contributed by atoms with Crippen LogP contribution in [0.15, 0.2) is 41.5 Å². The molecule has 8 heteroatoms. The molecule has 4 rings (SSSR count). The fraction of sp³-hybridized carbons (Fsp3) is 0.455. The molecule has 0 aliphatic carbocycles. The zero-order valence-corrected chi connectivity index (χ0v) is 19.7. The second-order valence-corrected chi connectivity index (χ2v) is 7.28. The lowest BCUT2D eigenvalue weighted by Gasteiger charge is -2.16. The standard InChI is InChI=1S/C22H29N5O2.HI/c1-2-23-22(25-10-7-17-5-6-19-20(13-17)29-16-28-19)26-15-18-8-9-24-21(14-18)27-11-3-4-12-27;/h5-6,8-9,13-14H,2-4,7,10-12,15-16H2,1H3,(H2,23,25,26);1H. The van der Waals surface area contributed by atoms with Gasteiger partial charge in [0.05, 0.1) is 6.54 Å². The second kappa shape index (κ2) is 11.2. The Labute approximate surface area is 195 Å². The van der Waals surface area contributed by atoms with Crippen LogP contribution in [0.4, 0.5) is 5.82 Å². The summed E-state index contributed by atoms with van der Waals surface area (Å²) >= 11 is 0. The third kappa shape index (κ3) is 5.90. The molecular formula is C22H30IN5O2. The van der Waals surface area contributed by atoms with E-state index in [0.717, 1.165) is 55.9 Å². The first-order valence-corrected chi connectivity index (χ1v) is 10.4. The Morgan fingerprint density at radius 3 is 2.73 bits per heavy atom. The van der Waals surface area contributed by atoms with E-state index in [1.807, 2.05) is 24.4 Å². The summed E-state index contributed by atoms with van der Waals surface area (Å²) in [6.07, 6.45) is 5.28. The van der Waals surface area contributed by atoms with Crippen molar-refractivity contribution in [1.29, 1.82) is 0 Å². The highest BCUT2D eigenvalue weighted by molar-refractivity contribution is 14.0. The molecule has 30 heavy (non-hydrogen) atoms. The van der Waals surface area contributed by atoms with Gasteiger partial charge < -0.3 is 25.0 Å². The Bertz CT molecular complexity index is 855. The minimum atomic E-state index is 0. The molecule has 2 aliphatic heterocycles. The molecule has 0 amide bonds. The number of hydrogen-bond acceptors (Lipinski definition) is 5. The van der Waals surface area contributed by atoms with Crippen LogP contribution < -0.4 is 25.0 Å². The van der Waals surface area contributed by atoms with E-state index in [-0.39, 0.29) is 24.0 Å². The van der Waals surface area contributed by atoms with Gasteiger partial charge in [0.25, 0.3) is 0 Å². The third-order valence-corrected chi connectivity index (χ3v) is 5.15. The third-order valence-electron chi connectivity index (χ3n) is 5.15. The molecule has 0 bridgehead atoms. The zero-order chi connectivity index (χ0) is 19.9. The maximum atomic E-state index is 5.45. The van der Waals surface area contributed by atoms with E-state index in [2.05, 4.69) is 39.6 Å². The smallest absolute Gasteiger partial charge is 0.231 e. The van der Waals surface area contributed by atoms with Gasteiger partial charge >= 0.3 is 0 Å². The predicted octanol–water partition coefficient (Wildman–Crippen LogP) is 3.33. The van der Waals surface area contributed by atoms with Gasteiger partial charge in [-0.05, 0) is 61.6 Å². The number of ether oxygens (including phenoxy) is 2. The molecule has 2 aliphatic rings. The lowest BCUT2D eigenvalue weighted by Crippen LogP contribution is -2.38. The van der Waals surface area contributed by atoms with Crippen molar-refractivity contribution in [3.8, 4) is 11.5 Å². The predicted molar refractivity (Wildman–Crippen MR) is 130 cm³/mol. The SMILES string of the molecule is CCNC(=NCc1ccnc(N2CCCC2)c1)NCCc1ccc2c(c1)OCO2.I. The zero-order valence-electron chi connectivity index (χ0n) is 17.4. The van der Waals surface area contributed by atoms with Crippen LogP contribution in [0.3, 0.4) is 0 Å². The van der Waals surface area contributed by atoms with Crippen molar-refractivity contribution in [2.75, 3.05) is 37.9 Å². The van der Waals surface area contributed by atoms with E-state index in [9.17, 15) is 0 Å². The van der Waals surface area contributed by atoms with Crippen molar-refractivity contribution in [3.05, 3.63) is 47.7 Å². The molecule has 1 aromatic carbocycles. The van der Waals surface area contributed by atoms with E-state index in [0.29, 0.717) is 13.3 Å². The van der Waals surface area contributed by atoms with Crippen molar-refractivity contribution in [2.45, 2.75) is 32.7 Å². The summed E-state index contributed by atoms with van der Waals surface area (Å²) in [4.78, 5) is 11.6. The average Bonchev–Trinajstić information content (AvgIpc) is 3.44. The van der Waals surface area contributed by atoms with Crippen molar-refractivity contribution in [2.24, 2.45) is 4.99 Å². The number of nitrogens with one attached hydrogen (secondary N) is 2. The van der Waals surface area contributed by atoms with Crippen molar-refractivity contribution in [1.82, 2.24) is 15.6 Å². The van der Waals surface area contributed by atoms with Crippen LogP contribution in [0.25, 0.3) is 0 Å². The Kier molecular flexibility index (Phi) is 8.41. The van der Waals surface area contributed by atoms with Gasteiger partial charge in [-0.15, -0.1) is 24.0 Å². The van der Waals surface area contributed by atoms with Gasteiger partial charge in [-0.25, -0.2) is 9.98 Å². The molecule has 3 heterocycles. The van der Waals surface area contributed by atoms with Crippen LogP contribution in [0.1, 0.15) is 30.9 Å². The highest BCUT2D eigenvalue weighted by atomic mass is 127. The van der Waals surface area contributed by atoms with Gasteiger partial charge in [-0.3, -0.25) is 0 Å². The summed E-state index contributed by atoms with van der Waals surface area (Å²) in [6.45, 7) is 6.83. The first-order chi connectivity index (χ1) is 14.3. The molecule has 0 unspecified atom stereocenters. The molecule has 2 N–H and O–H groups in total. The molecule has 1 fully saturated rings. The topological polar surface area (TPSA) is 71.0 Å². The van der Waals surface area contributed by atoms with Gasteiger partial charge in [0.1, 0.15) is 5.82 Å². The minimum Gasteiger partial charge on any atom is -0.454 e. The fourth-order valence-electron chi connectivity index (χ4n) is 3.61. The number of halogens is 1. The summed E-state index contributed by atoms with van der Waals surface area (Å²) in [7, 11) is 0. The monoisotopic (exact) mass is 523 g/mol. The summed E-state index contributed by atoms with van der Waals surface area (Å²) in [5.74, 6) is 3.54. The molecule has 0 saturated carbocycles. The largest absolute Gasteiger partial charge is 0.454 e. The lowest BCUT2D eigenvalue weighted by molar-refractivity contribution is 0.174. The van der Waals surface area contributed by atoms with Gasteiger partial charge in [0.2, 0.25) is 6.79 Å². The summed E-state index contributed by atoms with van der Waals surface area (Å²) < 4.78 is 10.8. The number of hydrogen-bond donors (Lipinski definition) is 2. The van der Waals surface area contributed by atoms with Crippen molar-refractivity contribution >= 4 is 35.8 Å². The average molecular weight is 523 g/mol. The minimum absolute atomic E-state index is 0. The maximum absolute atomic E-state index is 5.45. The van der Waals surface area contributed by atoms with E-state index in [4.69, 9.17) is 14.5 Å². The summed E-state index contributed by atoms with van der Waals surface area (Å²) in [6, 6.07) is 10.3. The molecule has 162 valence electrons. The van der Waals surface area contributed by atoms with Crippen LogP contribution in [-0.4, -0.2) is 43.9 Å². The normalized spacial score (nSPS) is 15.1. The Morgan fingerprint density at radius 1 is 1.07 bits per heavy atom. The number of benzene rings is 1. The van der Waals surface area contributed by atoms with Crippen LogP contribution in [0.2, 0.25) is 0 Å². The number of nitrogens with zero attached hydrogens (tertiary/aromatic N) is 3. The quantitative estimate of drug-likeness (QED) is 0.330. The molecule has 0 radical (unpaired) electrons. The highest BCUT2D eigenvalue weighted by Gasteiger charge is 2.14. The highest BCUT2D eigenvalue weighted by Crippen LogP contribution is 2.32. The number of aliphatic imine (C=N–C) groups is 1. The van der Waals surface area contributed by atoms with Gasteiger partial charge in [0, 0.05) is 32.4 Å². The van der Waals surface area contributed by atoms with Gasteiger partial charge in [-0.1, -0.05) is 6.07 Å². The van der Waals surface area contributed by atoms with Crippen LogP contribution in [-0.2, 0) is 13.0 Å². The first-order valence-electron chi connectivity index (χ1n) is 10.4. The number of fused-ring (bicyclic) bond motifs is 1. The summed E-state index contributed by atoms with van der Waals surface area (Å²) in [5.41, 5.74) is 2.39. The molecule has 0 spiro atoms. The molecule has 1 aromatic heterocycles. The van der Waals surface area contributed by atoms with E-state index in [1.54, 1.807) is 0 Å². The number of guanidine groups is 1.